The van der Waals surface area contributed by atoms with Gasteiger partial charge in [-0.15, -0.1) is 5.92 Å². The van der Waals surface area contributed by atoms with Crippen molar-refractivity contribution in [3.8, 4) is 17.6 Å². The number of aliphatic hydroxyl groups is 1. The number of amides is 2. The van der Waals surface area contributed by atoms with E-state index in [1.165, 1.54) is 25.3 Å². The molecule has 0 aliphatic rings. The van der Waals surface area contributed by atoms with Crippen LogP contribution in [0.5, 0.6) is 5.75 Å². The molecule has 0 aliphatic heterocycles. The third-order valence-corrected chi connectivity index (χ3v) is 8.06. The summed E-state index contributed by atoms with van der Waals surface area (Å²) in [5.41, 5.74) is 0.663. The molecule has 0 unspecified atom stereocenters. The number of Topliss-reactive ketones (excluding diaryl/α,β-unsaturated/α-hetero) is 1. The number of nitrogens with one attached hydrogen (secondary N) is 2. The Morgan fingerprint density at radius 1 is 0.896 bits per heavy atom. The summed E-state index contributed by atoms with van der Waals surface area (Å²) in [6.45, 7) is 7.76. The quantitative estimate of drug-likeness (QED) is 0.0372. The summed E-state index contributed by atoms with van der Waals surface area (Å²) in [4.78, 5) is 56.2. The van der Waals surface area contributed by atoms with Crippen molar-refractivity contribution in [1.82, 2.24) is 10.8 Å². The maximum atomic E-state index is 13.7. The minimum atomic E-state index is -2.37. The molecule has 1 rings (SSSR count). The van der Waals surface area contributed by atoms with Crippen molar-refractivity contribution in [3.05, 3.63) is 42.0 Å². The fourth-order valence-electron chi connectivity index (χ4n) is 5.30. The van der Waals surface area contributed by atoms with E-state index in [4.69, 9.17) is 9.57 Å². The second-order valence-corrected chi connectivity index (χ2v) is 12.1. The Hall–Kier alpha value is -3.68. The highest BCUT2D eigenvalue weighted by Crippen LogP contribution is 2.27. The van der Waals surface area contributed by atoms with Crippen LogP contribution in [0.3, 0.4) is 0 Å². The largest absolute Gasteiger partial charge is 0.481 e. The summed E-state index contributed by atoms with van der Waals surface area (Å²) in [6.07, 6.45) is 14.3. The van der Waals surface area contributed by atoms with Crippen LogP contribution in [0, 0.1) is 17.8 Å². The van der Waals surface area contributed by atoms with Gasteiger partial charge in [0.25, 0.3) is 5.91 Å². The lowest BCUT2D eigenvalue weighted by atomic mass is 9.82. The lowest BCUT2D eigenvalue weighted by Gasteiger charge is -2.31. The number of benzene rings is 1. The zero-order chi connectivity index (χ0) is 35.6. The SMILES string of the molecule is CC#CCOc1ccc(C[C@H](NC(=O)[C@@H](C=CCCCCCCC(=O)CCCCCCC)[C@@](O)(CCC)C(=O)O)C(=O)NOCC)cc1. The molecule has 0 radical (unpaired) electrons. The van der Waals surface area contributed by atoms with Crippen molar-refractivity contribution in [2.75, 3.05) is 13.2 Å². The summed E-state index contributed by atoms with van der Waals surface area (Å²) >= 11 is 0. The predicted octanol–water partition coefficient (Wildman–Crippen LogP) is 6.24. The summed E-state index contributed by atoms with van der Waals surface area (Å²) < 4.78 is 5.54. The molecule has 0 saturated carbocycles. The van der Waals surface area contributed by atoms with Gasteiger partial charge in [-0.2, -0.15) is 0 Å². The van der Waals surface area contributed by atoms with Crippen molar-refractivity contribution < 1.29 is 39.0 Å². The first-order valence-corrected chi connectivity index (χ1v) is 17.6. The molecule has 0 spiro atoms. The zero-order valence-electron chi connectivity index (χ0n) is 29.5. The molecule has 268 valence electrons. The standard InChI is InChI=1S/C38H58N2O8/c1-5-9-11-14-17-20-31(41)21-18-15-12-13-16-19-22-33(38(46,27-7-3)37(44)45)35(42)39-34(36(43)40-48-8-4)29-30-23-25-32(26-24-30)47-28-10-6-2/h19,22-26,33-34,46H,5,7-9,11-18,20-21,27-29H2,1-4H3,(H,39,42)(H,40,43)(H,44,45)/t33-,34+,38+/m1/s1. The highest BCUT2D eigenvalue weighted by molar-refractivity contribution is 5.93. The van der Waals surface area contributed by atoms with E-state index in [1.54, 1.807) is 51.1 Å². The Morgan fingerprint density at radius 3 is 2.12 bits per heavy atom. The van der Waals surface area contributed by atoms with Gasteiger partial charge in [-0.25, -0.2) is 10.3 Å². The number of aliphatic carboxylic acids is 1. The Kier molecular flexibility index (Phi) is 22.4. The molecule has 2 amide bonds. The number of carbonyl (C=O) groups is 4. The predicted molar refractivity (Wildman–Crippen MR) is 187 cm³/mol. The molecular weight excluding hydrogens is 612 g/mol. The minimum absolute atomic E-state index is 0.0801. The number of hydrogen-bond donors (Lipinski definition) is 4. The van der Waals surface area contributed by atoms with E-state index >= 15 is 0 Å². The zero-order valence-corrected chi connectivity index (χ0v) is 29.5. The van der Waals surface area contributed by atoms with Crippen LogP contribution in [0.2, 0.25) is 0 Å². The number of carboxylic acid groups (broad SMARTS) is 1. The van der Waals surface area contributed by atoms with E-state index in [0.717, 1.165) is 38.5 Å². The fourth-order valence-corrected chi connectivity index (χ4v) is 5.30. The first-order valence-electron chi connectivity index (χ1n) is 17.6. The molecule has 4 N–H and O–H groups in total. The monoisotopic (exact) mass is 670 g/mol. The average Bonchev–Trinajstić information content (AvgIpc) is 3.06. The maximum Gasteiger partial charge on any atom is 0.336 e. The molecule has 0 aliphatic carbocycles. The first kappa shape index (κ1) is 42.3. The molecule has 0 saturated heterocycles. The second kappa shape index (κ2) is 25.4. The van der Waals surface area contributed by atoms with Gasteiger partial charge in [-0.1, -0.05) is 89.0 Å². The van der Waals surface area contributed by atoms with Gasteiger partial charge >= 0.3 is 5.97 Å². The third kappa shape index (κ3) is 16.9. The van der Waals surface area contributed by atoms with E-state index in [9.17, 15) is 29.4 Å². The van der Waals surface area contributed by atoms with Gasteiger partial charge < -0.3 is 20.3 Å². The summed E-state index contributed by atoms with van der Waals surface area (Å²) in [6, 6.07) is 5.87. The molecule has 1 aromatic carbocycles. The molecule has 3 atom stereocenters. The van der Waals surface area contributed by atoms with Gasteiger partial charge in [-0.05, 0) is 63.6 Å². The van der Waals surface area contributed by atoms with Crippen LogP contribution < -0.4 is 15.5 Å². The molecule has 10 nitrogen and oxygen atoms in total. The lowest BCUT2D eigenvalue weighted by Crippen LogP contribution is -2.56. The third-order valence-electron chi connectivity index (χ3n) is 8.06. The van der Waals surface area contributed by atoms with Crippen molar-refractivity contribution >= 4 is 23.6 Å². The minimum Gasteiger partial charge on any atom is -0.481 e. The van der Waals surface area contributed by atoms with Crippen LogP contribution in [0.4, 0.5) is 0 Å². The van der Waals surface area contributed by atoms with Crippen LogP contribution in [0.1, 0.15) is 123 Å². The molecule has 0 aromatic heterocycles. The number of unbranched alkanes of at least 4 members (excludes halogenated alkanes) is 8. The number of rotatable bonds is 27. The van der Waals surface area contributed by atoms with E-state index < -0.39 is 35.3 Å². The van der Waals surface area contributed by atoms with Gasteiger partial charge in [0.05, 0.1) is 12.5 Å². The smallest absolute Gasteiger partial charge is 0.336 e. The van der Waals surface area contributed by atoms with E-state index in [1.807, 2.05) is 0 Å². The van der Waals surface area contributed by atoms with Gasteiger partial charge in [0.1, 0.15) is 24.2 Å². The molecule has 0 fully saturated rings. The van der Waals surface area contributed by atoms with Gasteiger partial charge in [-0.3, -0.25) is 19.2 Å². The summed E-state index contributed by atoms with van der Waals surface area (Å²) in [7, 11) is 0. The summed E-state index contributed by atoms with van der Waals surface area (Å²) in [5.74, 6) is 2.13. The van der Waals surface area contributed by atoms with E-state index in [-0.39, 0.29) is 26.1 Å². The Labute approximate surface area is 287 Å². The van der Waals surface area contributed by atoms with Crippen LogP contribution >= 0.6 is 0 Å². The number of hydrogen-bond acceptors (Lipinski definition) is 7. The normalized spacial score (nSPS) is 13.5. The number of ether oxygens (including phenoxy) is 1. The van der Waals surface area contributed by atoms with Crippen molar-refractivity contribution in [2.24, 2.45) is 5.92 Å². The molecule has 10 heteroatoms. The first-order chi connectivity index (χ1) is 23.1. The van der Waals surface area contributed by atoms with Crippen molar-refractivity contribution in [2.45, 2.75) is 136 Å². The number of carbonyl (C=O) groups excluding carboxylic acids is 3. The Balaban J connectivity index is 2.91. The maximum absolute atomic E-state index is 13.7. The van der Waals surface area contributed by atoms with Gasteiger partial charge in [0.15, 0.2) is 5.60 Å². The number of carboxylic acids is 1. The fraction of sp³-hybridized carbons (Fsp3) is 0.632. The van der Waals surface area contributed by atoms with Gasteiger partial charge in [0, 0.05) is 19.3 Å². The van der Waals surface area contributed by atoms with Gasteiger partial charge in [0.2, 0.25) is 5.91 Å². The topological polar surface area (TPSA) is 151 Å². The number of hydroxylamine groups is 1. The highest BCUT2D eigenvalue weighted by Gasteiger charge is 2.46. The summed E-state index contributed by atoms with van der Waals surface area (Å²) in [5, 5.41) is 23.9. The molecule has 1 aromatic rings. The van der Waals surface area contributed by atoms with Crippen LogP contribution in [0.15, 0.2) is 36.4 Å². The van der Waals surface area contributed by atoms with E-state index in [2.05, 4.69) is 29.6 Å². The highest BCUT2D eigenvalue weighted by atomic mass is 16.6. The molecule has 48 heavy (non-hydrogen) atoms. The van der Waals surface area contributed by atoms with Crippen LogP contribution in [-0.4, -0.2) is 58.6 Å². The van der Waals surface area contributed by atoms with Crippen LogP contribution in [-0.2, 0) is 30.4 Å². The Morgan fingerprint density at radius 2 is 1.54 bits per heavy atom. The molecule has 0 heterocycles. The van der Waals surface area contributed by atoms with E-state index in [0.29, 0.717) is 42.8 Å². The van der Waals surface area contributed by atoms with Crippen LogP contribution in [0.25, 0.3) is 0 Å². The molecule has 0 bridgehead atoms. The lowest BCUT2D eigenvalue weighted by molar-refractivity contribution is -0.167. The van der Waals surface area contributed by atoms with Crippen molar-refractivity contribution in [3.63, 3.8) is 0 Å². The Bertz CT molecular complexity index is 1190. The average molecular weight is 671 g/mol. The second-order valence-electron chi connectivity index (χ2n) is 12.1. The number of ketones is 1. The molecular formula is C38H58N2O8. The van der Waals surface area contributed by atoms with Crippen molar-refractivity contribution in [1.29, 1.82) is 0 Å². The number of allylic oxidation sites excluding steroid dienone is 1.